The Hall–Kier alpha value is -2.00. The normalized spacial score (nSPS) is 15.6. The average molecular weight is 374 g/mol. The molecule has 1 aromatic rings. The van der Waals surface area contributed by atoms with Gasteiger partial charge in [-0.05, 0) is 31.2 Å². The highest BCUT2D eigenvalue weighted by Gasteiger charge is 2.34. The minimum atomic E-state index is -4.55. The number of carbonyl (C=O) groups is 1. The zero-order chi connectivity index (χ0) is 19.2. The molecular formula is C17H25F3N4O2. The average Bonchev–Trinajstić information content (AvgIpc) is 2.59. The van der Waals surface area contributed by atoms with Gasteiger partial charge in [0.25, 0.3) is 0 Å². The number of alkyl halides is 3. The van der Waals surface area contributed by atoms with Gasteiger partial charge in [0.15, 0.2) is 0 Å². The monoisotopic (exact) mass is 374 g/mol. The molecule has 1 aromatic carbocycles. The predicted octanol–water partition coefficient (Wildman–Crippen LogP) is 2.62. The fraction of sp³-hybridized carbons (Fsp3) is 0.588. The summed E-state index contributed by atoms with van der Waals surface area (Å²) in [6.45, 7) is 4.34. The molecule has 1 heterocycles. The zero-order valence-corrected chi connectivity index (χ0v) is 15.0. The summed E-state index contributed by atoms with van der Waals surface area (Å²) in [6, 6.07) is 3.18. The van der Waals surface area contributed by atoms with Gasteiger partial charge in [-0.15, -0.1) is 0 Å². The van der Waals surface area contributed by atoms with Crippen LogP contribution < -0.4 is 15.5 Å². The third kappa shape index (κ3) is 6.06. The van der Waals surface area contributed by atoms with Crippen molar-refractivity contribution in [3.63, 3.8) is 0 Å². The number of amides is 2. The van der Waals surface area contributed by atoms with Crippen LogP contribution in [0.5, 0.6) is 0 Å². The van der Waals surface area contributed by atoms with Gasteiger partial charge in [0.2, 0.25) is 0 Å². The third-order valence-electron chi connectivity index (χ3n) is 4.11. The van der Waals surface area contributed by atoms with Crippen LogP contribution in [-0.2, 0) is 10.9 Å². The van der Waals surface area contributed by atoms with Crippen LogP contribution in [0.3, 0.4) is 0 Å². The number of rotatable bonds is 6. The summed E-state index contributed by atoms with van der Waals surface area (Å²) in [5, 5.41) is 4.90. The lowest BCUT2D eigenvalue weighted by molar-refractivity contribution is -0.136. The second kappa shape index (κ2) is 9.09. The molecule has 1 aliphatic heterocycles. The van der Waals surface area contributed by atoms with Gasteiger partial charge in [-0.1, -0.05) is 0 Å². The number of nitrogens with zero attached hydrogens (tertiary/aromatic N) is 2. The second-order valence-electron chi connectivity index (χ2n) is 6.31. The highest BCUT2D eigenvalue weighted by Crippen LogP contribution is 2.37. The maximum atomic E-state index is 13.2. The summed E-state index contributed by atoms with van der Waals surface area (Å²) in [5.74, 6) is 0. The number of halogens is 3. The van der Waals surface area contributed by atoms with E-state index in [4.69, 9.17) is 4.74 Å². The van der Waals surface area contributed by atoms with Crippen LogP contribution in [0.25, 0.3) is 0 Å². The van der Waals surface area contributed by atoms with Crippen molar-refractivity contribution in [3.8, 4) is 0 Å². The van der Waals surface area contributed by atoms with Crippen molar-refractivity contribution in [1.29, 1.82) is 0 Å². The summed E-state index contributed by atoms with van der Waals surface area (Å²) in [4.78, 5) is 15.7. The molecule has 0 radical (unpaired) electrons. The van der Waals surface area contributed by atoms with Gasteiger partial charge < -0.3 is 20.3 Å². The van der Waals surface area contributed by atoms with Crippen molar-refractivity contribution in [2.45, 2.75) is 12.6 Å². The van der Waals surface area contributed by atoms with E-state index >= 15 is 0 Å². The Bertz CT molecular complexity index is 602. The minimum Gasteiger partial charge on any atom is -0.379 e. The van der Waals surface area contributed by atoms with Crippen LogP contribution >= 0.6 is 0 Å². The molecule has 0 spiro atoms. The molecule has 9 heteroatoms. The van der Waals surface area contributed by atoms with E-state index in [1.54, 1.807) is 19.0 Å². The van der Waals surface area contributed by atoms with Gasteiger partial charge in [-0.3, -0.25) is 4.90 Å². The summed E-state index contributed by atoms with van der Waals surface area (Å²) in [7, 11) is 3.31. The summed E-state index contributed by atoms with van der Waals surface area (Å²) in [6.07, 6.45) is -3.83. The number of morpholine rings is 1. The first-order valence-corrected chi connectivity index (χ1v) is 8.51. The predicted molar refractivity (Wildman–Crippen MR) is 94.7 cm³/mol. The number of carbonyl (C=O) groups excluding carboxylic acids is 1. The van der Waals surface area contributed by atoms with E-state index in [0.717, 1.165) is 32.1 Å². The van der Waals surface area contributed by atoms with Crippen molar-refractivity contribution in [2.75, 3.05) is 63.7 Å². The summed E-state index contributed by atoms with van der Waals surface area (Å²) in [5.41, 5.74) is -0.713. The number of nitrogens with one attached hydrogen (secondary N) is 2. The summed E-state index contributed by atoms with van der Waals surface area (Å²) >= 11 is 0. The molecule has 6 nitrogen and oxygen atoms in total. The highest BCUT2D eigenvalue weighted by molar-refractivity contribution is 5.90. The lowest BCUT2D eigenvalue weighted by atomic mass is 10.1. The molecule has 2 N–H and O–H groups in total. The molecular weight excluding hydrogens is 349 g/mol. The fourth-order valence-corrected chi connectivity index (χ4v) is 2.65. The number of ether oxygens (including phenoxy) is 1. The van der Waals surface area contributed by atoms with Gasteiger partial charge in [0.05, 0.1) is 24.5 Å². The van der Waals surface area contributed by atoms with Crippen molar-refractivity contribution >= 4 is 17.4 Å². The van der Waals surface area contributed by atoms with Gasteiger partial charge >= 0.3 is 12.2 Å². The molecule has 1 aliphatic rings. The maximum Gasteiger partial charge on any atom is 0.418 e. The van der Waals surface area contributed by atoms with E-state index in [-0.39, 0.29) is 5.69 Å². The number of benzene rings is 1. The Morgan fingerprint density at radius 2 is 1.96 bits per heavy atom. The lowest BCUT2D eigenvalue weighted by Crippen LogP contribution is -2.38. The first-order chi connectivity index (χ1) is 12.3. The SMILES string of the molecule is CN(C)c1ccc(NC(=O)NCCCN2CCOCC2)c(C(F)(F)F)c1. The van der Waals surface area contributed by atoms with E-state index < -0.39 is 17.8 Å². The van der Waals surface area contributed by atoms with Crippen molar-refractivity contribution in [3.05, 3.63) is 23.8 Å². The first kappa shape index (κ1) is 20.3. The third-order valence-corrected chi connectivity index (χ3v) is 4.11. The standard InChI is InChI=1S/C17H25F3N4O2/c1-23(2)13-4-5-15(14(12-13)17(18,19)20)22-16(25)21-6-3-7-24-8-10-26-11-9-24/h4-5,12H,3,6-11H2,1-2H3,(H2,21,22,25). The molecule has 0 aromatic heterocycles. The quantitative estimate of drug-likeness (QED) is 0.752. The van der Waals surface area contributed by atoms with Crippen LogP contribution in [0.15, 0.2) is 18.2 Å². The topological polar surface area (TPSA) is 56.8 Å². The molecule has 0 saturated carbocycles. The van der Waals surface area contributed by atoms with Gasteiger partial charge in [0, 0.05) is 39.4 Å². The van der Waals surface area contributed by atoms with Gasteiger partial charge in [0.1, 0.15) is 0 Å². The Balaban J connectivity index is 1.87. The largest absolute Gasteiger partial charge is 0.418 e. The number of hydrogen-bond donors (Lipinski definition) is 2. The molecule has 0 unspecified atom stereocenters. The van der Waals surface area contributed by atoms with Crippen LogP contribution in [0.1, 0.15) is 12.0 Å². The van der Waals surface area contributed by atoms with Gasteiger partial charge in [-0.25, -0.2) is 4.79 Å². The molecule has 146 valence electrons. The maximum absolute atomic E-state index is 13.2. The Labute approximate surface area is 151 Å². The molecule has 2 rings (SSSR count). The van der Waals surface area contributed by atoms with Crippen LogP contribution in [0.2, 0.25) is 0 Å². The molecule has 1 fully saturated rings. The molecule has 26 heavy (non-hydrogen) atoms. The molecule has 0 atom stereocenters. The van der Waals surface area contributed by atoms with E-state index in [1.165, 1.54) is 12.1 Å². The lowest BCUT2D eigenvalue weighted by Gasteiger charge is -2.26. The zero-order valence-electron chi connectivity index (χ0n) is 15.0. The number of hydrogen-bond acceptors (Lipinski definition) is 4. The molecule has 1 saturated heterocycles. The van der Waals surface area contributed by atoms with E-state index in [2.05, 4.69) is 15.5 Å². The highest BCUT2D eigenvalue weighted by atomic mass is 19.4. The summed E-state index contributed by atoms with van der Waals surface area (Å²) < 4.78 is 45.0. The Morgan fingerprint density at radius 3 is 2.58 bits per heavy atom. The number of urea groups is 1. The molecule has 0 bridgehead atoms. The molecule has 0 aliphatic carbocycles. The van der Waals surface area contributed by atoms with E-state index in [1.807, 2.05) is 0 Å². The van der Waals surface area contributed by atoms with Crippen LogP contribution in [0.4, 0.5) is 29.3 Å². The molecule has 2 amide bonds. The van der Waals surface area contributed by atoms with Crippen molar-refractivity contribution < 1.29 is 22.7 Å². The Morgan fingerprint density at radius 1 is 1.27 bits per heavy atom. The van der Waals surface area contributed by atoms with E-state index in [0.29, 0.717) is 25.4 Å². The van der Waals surface area contributed by atoms with E-state index in [9.17, 15) is 18.0 Å². The van der Waals surface area contributed by atoms with Crippen LogP contribution in [0, 0.1) is 0 Å². The first-order valence-electron chi connectivity index (χ1n) is 8.51. The van der Waals surface area contributed by atoms with Crippen molar-refractivity contribution in [2.24, 2.45) is 0 Å². The van der Waals surface area contributed by atoms with Crippen molar-refractivity contribution in [1.82, 2.24) is 10.2 Å². The minimum absolute atomic E-state index is 0.256. The van der Waals surface area contributed by atoms with Gasteiger partial charge in [-0.2, -0.15) is 13.2 Å². The number of anilines is 2. The second-order valence-corrected chi connectivity index (χ2v) is 6.31. The Kier molecular flexibility index (Phi) is 7.10. The fourth-order valence-electron chi connectivity index (χ4n) is 2.65. The van der Waals surface area contributed by atoms with Crippen LogP contribution in [-0.4, -0.2) is 64.4 Å². The smallest absolute Gasteiger partial charge is 0.379 e.